The number of amides is 1. The maximum atomic E-state index is 12.4. The predicted molar refractivity (Wildman–Crippen MR) is 138 cm³/mol. The van der Waals surface area contributed by atoms with Crippen LogP contribution in [-0.2, 0) is 11.3 Å². The second kappa shape index (κ2) is 9.91. The van der Waals surface area contributed by atoms with Gasteiger partial charge in [0.2, 0.25) is 5.91 Å². The first-order valence-corrected chi connectivity index (χ1v) is 11.1. The topological polar surface area (TPSA) is 98.0 Å². The van der Waals surface area contributed by atoms with Gasteiger partial charge < -0.3 is 25.6 Å². The molecular formula is C27H29N5O2. The highest BCUT2D eigenvalue weighted by molar-refractivity contribution is 6.21. The Bertz CT molecular complexity index is 1320. The number of nitrogens with two attached hydrogens (primary N) is 1. The maximum absolute atomic E-state index is 12.4. The third kappa shape index (κ3) is 4.85. The summed E-state index contributed by atoms with van der Waals surface area (Å²) in [5.74, 6) is 0.0686. The smallest absolute Gasteiger partial charge is 0.240 e. The Balaban J connectivity index is 1.77. The largest absolute Gasteiger partial charge is 0.494 e. The number of fused-ring (bicyclic) bond motifs is 1. The molecule has 0 fully saturated rings. The Labute approximate surface area is 199 Å². The third-order valence-electron chi connectivity index (χ3n) is 5.69. The lowest BCUT2D eigenvalue weighted by Gasteiger charge is -2.19. The van der Waals surface area contributed by atoms with Gasteiger partial charge >= 0.3 is 0 Å². The van der Waals surface area contributed by atoms with Crippen LogP contribution in [0.15, 0.2) is 77.8 Å². The molecule has 3 aromatic carbocycles. The molecule has 34 heavy (non-hydrogen) atoms. The molecule has 1 aromatic heterocycles. The summed E-state index contributed by atoms with van der Waals surface area (Å²) in [4.78, 5) is 23.8. The number of anilines is 1. The fourth-order valence-corrected chi connectivity index (χ4v) is 3.83. The molecule has 7 heteroatoms. The molecule has 0 unspecified atom stereocenters. The number of carbonyl (C=O) groups excluding carboxylic acids is 1. The van der Waals surface area contributed by atoms with Crippen molar-refractivity contribution in [3.05, 3.63) is 89.5 Å². The highest BCUT2D eigenvalue weighted by atomic mass is 16.3. The molecule has 0 aliphatic rings. The minimum Gasteiger partial charge on any atom is -0.494 e. The van der Waals surface area contributed by atoms with Crippen LogP contribution in [0, 0.1) is 0 Å². The van der Waals surface area contributed by atoms with E-state index in [0.29, 0.717) is 30.1 Å². The van der Waals surface area contributed by atoms with Crippen molar-refractivity contribution < 1.29 is 9.90 Å². The zero-order chi connectivity index (χ0) is 24.2. The molecule has 4 N–H and O–H groups in total. The average molecular weight is 456 g/mol. The fourth-order valence-electron chi connectivity index (χ4n) is 3.83. The zero-order valence-electron chi connectivity index (χ0n) is 19.6. The number of aromatic nitrogens is 1. The van der Waals surface area contributed by atoms with Crippen molar-refractivity contribution in [3.8, 4) is 5.88 Å². The van der Waals surface area contributed by atoms with Crippen molar-refractivity contribution in [3.63, 3.8) is 0 Å². The van der Waals surface area contributed by atoms with Crippen LogP contribution in [0.4, 0.5) is 11.4 Å². The highest BCUT2D eigenvalue weighted by Gasteiger charge is 2.19. The lowest BCUT2D eigenvalue weighted by atomic mass is 9.99. The van der Waals surface area contributed by atoms with Gasteiger partial charge in [0.05, 0.1) is 23.5 Å². The number of H-pyrrole nitrogens is 1. The summed E-state index contributed by atoms with van der Waals surface area (Å²) in [6, 6.07) is 23.1. The van der Waals surface area contributed by atoms with Crippen molar-refractivity contribution >= 4 is 33.9 Å². The summed E-state index contributed by atoms with van der Waals surface area (Å²) < 4.78 is 0. The Hall–Kier alpha value is -3.94. The lowest BCUT2D eigenvalue weighted by molar-refractivity contribution is -0.118. The number of likely N-dealkylation sites (N-methyl/N-ethyl adjacent to an activating group) is 2. The van der Waals surface area contributed by atoms with E-state index in [0.717, 1.165) is 27.7 Å². The molecule has 0 saturated heterocycles. The number of carbonyl (C=O) groups is 1. The highest BCUT2D eigenvalue weighted by Crippen LogP contribution is 2.32. The molecule has 0 radical (unpaired) electrons. The summed E-state index contributed by atoms with van der Waals surface area (Å²) in [6.45, 7) is 0.784. The van der Waals surface area contributed by atoms with E-state index < -0.39 is 0 Å². The molecule has 0 bridgehead atoms. The quantitative estimate of drug-likeness (QED) is 0.367. The normalized spacial score (nSPS) is 11.9. The number of hydrogen-bond donors (Lipinski definition) is 3. The first-order chi connectivity index (χ1) is 16.4. The van der Waals surface area contributed by atoms with E-state index in [-0.39, 0.29) is 11.8 Å². The number of aliphatic imine (C=N–C) groups is 1. The first kappa shape index (κ1) is 23.2. The van der Waals surface area contributed by atoms with E-state index in [9.17, 15) is 9.90 Å². The van der Waals surface area contributed by atoms with Crippen LogP contribution in [0.5, 0.6) is 5.88 Å². The van der Waals surface area contributed by atoms with E-state index in [1.165, 1.54) is 0 Å². The molecule has 0 saturated carbocycles. The van der Waals surface area contributed by atoms with Gasteiger partial charge in [-0.2, -0.15) is 0 Å². The minimum absolute atomic E-state index is 0.00523. The summed E-state index contributed by atoms with van der Waals surface area (Å²) in [6.07, 6.45) is 0. The molecule has 1 heterocycles. The number of rotatable bonds is 7. The standard InChI is InChI=1S/C27H29N5O2/c1-31(2)17-24(33)32(3)21-14-12-20(13-15-21)29-26(19-10-8-18(16-28)9-11-19)25-22-6-4-5-7-23(22)30-27(25)34/h4-15,30,34H,16-17,28H2,1-3H3. The number of nitrogens with zero attached hydrogens (tertiary/aromatic N) is 3. The zero-order valence-corrected chi connectivity index (χ0v) is 19.6. The SMILES string of the molecule is CN(C)CC(=O)N(C)c1ccc(N=C(c2ccc(CN)cc2)c2c(O)[nH]c3ccccc23)cc1. The van der Waals surface area contributed by atoms with Crippen molar-refractivity contribution in [2.45, 2.75) is 6.54 Å². The van der Waals surface area contributed by atoms with Crippen LogP contribution < -0.4 is 10.6 Å². The molecule has 7 nitrogen and oxygen atoms in total. The number of aromatic amines is 1. The average Bonchev–Trinajstić information content (AvgIpc) is 3.17. The number of nitrogens with one attached hydrogen (secondary N) is 1. The van der Waals surface area contributed by atoms with Gasteiger partial charge in [-0.1, -0.05) is 42.5 Å². The van der Waals surface area contributed by atoms with E-state index >= 15 is 0 Å². The van der Waals surface area contributed by atoms with E-state index in [2.05, 4.69) is 4.98 Å². The van der Waals surface area contributed by atoms with Gasteiger partial charge in [0.25, 0.3) is 0 Å². The maximum Gasteiger partial charge on any atom is 0.240 e. The van der Waals surface area contributed by atoms with Crippen molar-refractivity contribution in [2.75, 3.05) is 32.6 Å². The summed E-state index contributed by atoms with van der Waals surface area (Å²) in [7, 11) is 5.50. The van der Waals surface area contributed by atoms with Crippen LogP contribution in [0.1, 0.15) is 16.7 Å². The van der Waals surface area contributed by atoms with Crippen molar-refractivity contribution in [1.29, 1.82) is 0 Å². The van der Waals surface area contributed by atoms with Gasteiger partial charge in [0.15, 0.2) is 5.88 Å². The number of aromatic hydroxyl groups is 1. The van der Waals surface area contributed by atoms with Gasteiger partial charge in [-0.15, -0.1) is 0 Å². The second-order valence-electron chi connectivity index (χ2n) is 8.46. The van der Waals surface area contributed by atoms with Gasteiger partial charge in [0.1, 0.15) is 0 Å². The number of hydrogen-bond acceptors (Lipinski definition) is 5. The Kier molecular flexibility index (Phi) is 6.77. The molecule has 0 aliphatic heterocycles. The summed E-state index contributed by atoms with van der Waals surface area (Å²) in [5, 5.41) is 11.7. The van der Waals surface area contributed by atoms with Gasteiger partial charge in [0, 0.05) is 35.7 Å². The fraction of sp³-hybridized carbons (Fsp3) is 0.185. The van der Waals surface area contributed by atoms with E-state index in [1.807, 2.05) is 91.8 Å². The molecular weight excluding hydrogens is 426 g/mol. The van der Waals surface area contributed by atoms with Crippen LogP contribution in [-0.4, -0.2) is 54.3 Å². The van der Waals surface area contributed by atoms with E-state index in [4.69, 9.17) is 10.7 Å². The molecule has 174 valence electrons. The molecule has 0 spiro atoms. The molecule has 4 rings (SSSR count). The predicted octanol–water partition coefficient (Wildman–Crippen LogP) is 4.03. The summed E-state index contributed by atoms with van der Waals surface area (Å²) in [5.41, 5.74) is 11.3. The summed E-state index contributed by atoms with van der Waals surface area (Å²) >= 11 is 0. The van der Waals surface area contributed by atoms with Crippen LogP contribution in [0.3, 0.4) is 0 Å². The van der Waals surface area contributed by atoms with Gasteiger partial charge in [-0.3, -0.25) is 4.79 Å². The van der Waals surface area contributed by atoms with Crippen LogP contribution >= 0.6 is 0 Å². The molecule has 4 aromatic rings. The molecule has 1 amide bonds. The third-order valence-corrected chi connectivity index (χ3v) is 5.69. The lowest BCUT2D eigenvalue weighted by Crippen LogP contribution is -2.34. The van der Waals surface area contributed by atoms with Crippen LogP contribution in [0.2, 0.25) is 0 Å². The van der Waals surface area contributed by atoms with Crippen LogP contribution in [0.25, 0.3) is 10.9 Å². The van der Waals surface area contributed by atoms with Crippen molar-refractivity contribution in [2.24, 2.45) is 10.7 Å². The Morgan fingerprint density at radius 2 is 1.65 bits per heavy atom. The minimum atomic E-state index is 0.00523. The van der Waals surface area contributed by atoms with Crippen molar-refractivity contribution in [1.82, 2.24) is 9.88 Å². The van der Waals surface area contributed by atoms with Gasteiger partial charge in [-0.25, -0.2) is 4.99 Å². The van der Waals surface area contributed by atoms with Gasteiger partial charge in [-0.05, 0) is 50.0 Å². The monoisotopic (exact) mass is 455 g/mol. The second-order valence-corrected chi connectivity index (χ2v) is 8.46. The first-order valence-electron chi connectivity index (χ1n) is 11.1. The Morgan fingerprint density at radius 1 is 0.971 bits per heavy atom. The number of benzene rings is 3. The molecule has 0 atom stereocenters. The Morgan fingerprint density at radius 3 is 2.29 bits per heavy atom. The number of para-hydroxylation sites is 1. The molecule has 0 aliphatic carbocycles. The van der Waals surface area contributed by atoms with E-state index in [1.54, 1.807) is 11.9 Å².